The Kier molecular flexibility index (Phi) is 4.85. The van der Waals surface area contributed by atoms with Crippen LogP contribution in [0.1, 0.15) is 24.8 Å². The zero-order chi connectivity index (χ0) is 20.6. The normalized spacial score (nSPS) is 20.9. The van der Waals surface area contributed by atoms with E-state index in [1.807, 2.05) is 16.8 Å². The molecule has 0 aliphatic carbocycles. The van der Waals surface area contributed by atoms with Crippen molar-refractivity contribution in [2.24, 2.45) is 0 Å². The number of nitrogens with zero attached hydrogens (tertiary/aromatic N) is 4. The average Bonchev–Trinajstić information content (AvgIpc) is 3.50. The smallest absolute Gasteiger partial charge is 0.223 e. The van der Waals surface area contributed by atoms with Crippen LogP contribution >= 0.6 is 0 Å². The van der Waals surface area contributed by atoms with Gasteiger partial charge in [0.1, 0.15) is 12.3 Å². The molecule has 160 valence electrons. The average molecular weight is 418 g/mol. The molecule has 3 aromatic rings. The minimum Gasteiger partial charge on any atom is -0.472 e. The Labute approximate surface area is 182 Å². The minimum atomic E-state index is 0.507. The van der Waals surface area contributed by atoms with Gasteiger partial charge in [-0.1, -0.05) is 0 Å². The number of hydrogen-bond donors (Lipinski definition) is 1. The first-order valence-corrected chi connectivity index (χ1v) is 11.2. The standard InChI is InChI=1S/C24H27N5O2/c1-2-22-23-17(15-31-24(22)25-10-1)14-29(27-23)21-5-3-20(4-6-21)28-11-7-18(8-12-28)26-19-9-13-30-16-19/h1-6,10,14,18-19,26H,7-9,11-13,15-16H2/t19-/m0/s1. The number of nitrogens with one attached hydrogen (secondary N) is 1. The van der Waals surface area contributed by atoms with Crippen molar-refractivity contribution in [3.8, 4) is 22.8 Å². The van der Waals surface area contributed by atoms with Crippen LogP contribution in [0.4, 0.5) is 5.69 Å². The van der Waals surface area contributed by atoms with Crippen LogP contribution in [0.25, 0.3) is 16.9 Å². The van der Waals surface area contributed by atoms with Gasteiger partial charge in [0.15, 0.2) is 0 Å². The molecule has 0 spiro atoms. The van der Waals surface area contributed by atoms with Crippen LogP contribution in [0.2, 0.25) is 0 Å². The van der Waals surface area contributed by atoms with Gasteiger partial charge in [0, 0.05) is 55.4 Å². The van der Waals surface area contributed by atoms with Crippen LogP contribution in [0, 0.1) is 0 Å². The van der Waals surface area contributed by atoms with E-state index in [1.54, 1.807) is 6.20 Å². The molecule has 0 bridgehead atoms. The summed E-state index contributed by atoms with van der Waals surface area (Å²) in [5.41, 5.74) is 5.34. The van der Waals surface area contributed by atoms with Crippen LogP contribution in [-0.4, -0.2) is 53.2 Å². The molecule has 2 saturated heterocycles. The lowest BCUT2D eigenvalue weighted by Crippen LogP contribution is -2.46. The van der Waals surface area contributed by atoms with Crippen LogP contribution in [0.5, 0.6) is 5.88 Å². The van der Waals surface area contributed by atoms with E-state index < -0.39 is 0 Å². The Morgan fingerprint density at radius 1 is 0.968 bits per heavy atom. The topological polar surface area (TPSA) is 64.4 Å². The minimum absolute atomic E-state index is 0.507. The molecular weight excluding hydrogens is 390 g/mol. The Morgan fingerprint density at radius 3 is 2.61 bits per heavy atom. The number of piperidine rings is 1. The van der Waals surface area contributed by atoms with Gasteiger partial charge in [-0.05, 0) is 55.7 Å². The summed E-state index contributed by atoms with van der Waals surface area (Å²) in [7, 11) is 0. The molecule has 6 rings (SSSR count). The highest BCUT2D eigenvalue weighted by molar-refractivity contribution is 5.69. The molecule has 2 aromatic heterocycles. The quantitative estimate of drug-likeness (QED) is 0.704. The fraction of sp³-hybridized carbons (Fsp3) is 0.417. The van der Waals surface area contributed by atoms with E-state index in [9.17, 15) is 0 Å². The van der Waals surface area contributed by atoms with Gasteiger partial charge in [-0.25, -0.2) is 9.67 Å². The summed E-state index contributed by atoms with van der Waals surface area (Å²) in [6, 6.07) is 13.8. The number of aromatic nitrogens is 3. The second kappa shape index (κ2) is 7.98. The first kappa shape index (κ1) is 18.8. The Balaban J connectivity index is 1.13. The van der Waals surface area contributed by atoms with Crippen LogP contribution in [0.3, 0.4) is 0 Å². The van der Waals surface area contributed by atoms with Gasteiger partial charge in [0.2, 0.25) is 5.88 Å². The highest BCUT2D eigenvalue weighted by Crippen LogP contribution is 2.35. The first-order valence-electron chi connectivity index (χ1n) is 11.2. The Bertz CT molecular complexity index is 1050. The predicted octanol–water partition coefficient (Wildman–Crippen LogP) is 3.17. The van der Waals surface area contributed by atoms with Crippen molar-refractivity contribution in [3.05, 3.63) is 54.4 Å². The van der Waals surface area contributed by atoms with Gasteiger partial charge in [-0.15, -0.1) is 0 Å². The van der Waals surface area contributed by atoms with Crippen molar-refractivity contribution in [3.63, 3.8) is 0 Å². The van der Waals surface area contributed by atoms with E-state index in [0.717, 1.165) is 55.2 Å². The van der Waals surface area contributed by atoms with Crippen molar-refractivity contribution in [2.45, 2.75) is 38.0 Å². The largest absolute Gasteiger partial charge is 0.472 e. The van der Waals surface area contributed by atoms with Crippen molar-refractivity contribution in [1.29, 1.82) is 0 Å². The van der Waals surface area contributed by atoms with Gasteiger partial charge in [0.25, 0.3) is 0 Å². The predicted molar refractivity (Wildman–Crippen MR) is 119 cm³/mol. The summed E-state index contributed by atoms with van der Waals surface area (Å²) in [4.78, 5) is 6.79. The molecule has 5 heterocycles. The molecule has 1 aromatic carbocycles. The van der Waals surface area contributed by atoms with Crippen LogP contribution in [0.15, 0.2) is 48.8 Å². The lowest BCUT2D eigenvalue weighted by molar-refractivity contribution is 0.186. The van der Waals surface area contributed by atoms with E-state index in [-0.39, 0.29) is 0 Å². The number of anilines is 1. The van der Waals surface area contributed by atoms with Crippen molar-refractivity contribution in [2.75, 3.05) is 31.2 Å². The van der Waals surface area contributed by atoms with Crippen LogP contribution < -0.4 is 15.0 Å². The molecule has 7 heteroatoms. The third-order valence-corrected chi connectivity index (χ3v) is 6.56. The molecule has 31 heavy (non-hydrogen) atoms. The van der Waals surface area contributed by atoms with E-state index in [4.69, 9.17) is 14.6 Å². The molecule has 1 N–H and O–H groups in total. The molecule has 2 fully saturated rings. The van der Waals surface area contributed by atoms with Crippen LogP contribution in [-0.2, 0) is 11.3 Å². The van der Waals surface area contributed by atoms with Gasteiger partial charge >= 0.3 is 0 Å². The Morgan fingerprint density at radius 2 is 1.81 bits per heavy atom. The maximum absolute atomic E-state index is 5.76. The maximum atomic E-state index is 5.76. The molecule has 1 atom stereocenters. The third kappa shape index (κ3) is 3.68. The summed E-state index contributed by atoms with van der Waals surface area (Å²) in [6.07, 6.45) is 7.31. The van der Waals surface area contributed by atoms with Gasteiger partial charge in [-0.3, -0.25) is 0 Å². The van der Waals surface area contributed by atoms with Gasteiger partial charge < -0.3 is 19.7 Å². The lowest BCUT2D eigenvalue weighted by Gasteiger charge is -2.35. The van der Waals surface area contributed by atoms with Gasteiger partial charge in [-0.2, -0.15) is 5.10 Å². The second-order valence-electron chi connectivity index (χ2n) is 8.60. The van der Waals surface area contributed by atoms with E-state index in [0.29, 0.717) is 24.6 Å². The molecule has 0 radical (unpaired) electrons. The number of rotatable bonds is 4. The number of benzene rings is 1. The van der Waals surface area contributed by atoms with Gasteiger partial charge in [0.05, 0.1) is 17.9 Å². The lowest BCUT2D eigenvalue weighted by atomic mass is 10.0. The highest BCUT2D eigenvalue weighted by Gasteiger charge is 2.25. The summed E-state index contributed by atoms with van der Waals surface area (Å²) >= 11 is 0. The molecule has 3 aliphatic rings. The Hall–Kier alpha value is -2.90. The first-order chi connectivity index (χ1) is 15.3. The number of pyridine rings is 1. The molecule has 3 aliphatic heterocycles. The molecular formula is C24H27N5O2. The molecule has 0 saturated carbocycles. The van der Waals surface area contributed by atoms with E-state index in [2.05, 4.69) is 45.7 Å². The fourth-order valence-electron chi connectivity index (χ4n) is 4.83. The maximum Gasteiger partial charge on any atom is 0.223 e. The summed E-state index contributed by atoms with van der Waals surface area (Å²) < 4.78 is 13.2. The highest BCUT2D eigenvalue weighted by atomic mass is 16.5. The van der Waals surface area contributed by atoms with E-state index >= 15 is 0 Å². The summed E-state index contributed by atoms with van der Waals surface area (Å²) in [5, 5.41) is 8.60. The fourth-order valence-corrected chi connectivity index (χ4v) is 4.83. The van der Waals surface area contributed by atoms with Crippen molar-refractivity contribution < 1.29 is 9.47 Å². The zero-order valence-corrected chi connectivity index (χ0v) is 17.5. The van der Waals surface area contributed by atoms with Crippen molar-refractivity contribution in [1.82, 2.24) is 20.1 Å². The SMILES string of the molecule is c1cnc2c(c1)-c1nn(-c3ccc(N4CCC(N[C@H]5CCOC5)CC4)cc3)cc1CO2. The second-order valence-corrected chi connectivity index (χ2v) is 8.60. The summed E-state index contributed by atoms with van der Waals surface area (Å²) in [6.45, 7) is 4.45. The third-order valence-electron chi connectivity index (χ3n) is 6.56. The molecule has 7 nitrogen and oxygen atoms in total. The number of fused-ring (bicyclic) bond motifs is 3. The number of ether oxygens (including phenoxy) is 2. The number of hydrogen-bond acceptors (Lipinski definition) is 6. The molecule has 0 unspecified atom stereocenters. The van der Waals surface area contributed by atoms with Crippen molar-refractivity contribution >= 4 is 5.69 Å². The monoisotopic (exact) mass is 417 g/mol. The van der Waals surface area contributed by atoms with E-state index in [1.165, 1.54) is 18.5 Å². The summed E-state index contributed by atoms with van der Waals surface area (Å²) in [5.74, 6) is 0.661. The zero-order valence-electron chi connectivity index (χ0n) is 17.5. The molecule has 0 amide bonds.